The predicted octanol–water partition coefficient (Wildman–Crippen LogP) is 2.78. The maximum Gasteiger partial charge on any atom is 0.246 e. The molecule has 1 aromatic heterocycles. The molecule has 0 saturated carbocycles. The summed E-state index contributed by atoms with van der Waals surface area (Å²) in [6.45, 7) is 1.02. The van der Waals surface area contributed by atoms with Crippen LogP contribution in [0.5, 0.6) is 0 Å². The summed E-state index contributed by atoms with van der Waals surface area (Å²) in [7, 11) is 0. The number of piperidine rings is 1. The van der Waals surface area contributed by atoms with E-state index < -0.39 is 0 Å². The number of para-hydroxylation sites is 1. The summed E-state index contributed by atoms with van der Waals surface area (Å²) in [6.07, 6.45) is 3.69. The highest BCUT2D eigenvalue weighted by Crippen LogP contribution is 2.23. The van der Waals surface area contributed by atoms with Gasteiger partial charge in [-0.2, -0.15) is 0 Å². The molecule has 1 aliphatic heterocycles. The maximum absolute atomic E-state index is 4.63. The average Bonchev–Trinajstić information content (AvgIpc) is 2.46. The molecule has 4 nitrogen and oxygen atoms in total. The Balaban J connectivity index is 1.97. The van der Waals surface area contributed by atoms with Crippen molar-refractivity contribution in [2.75, 3.05) is 16.8 Å². The molecule has 0 N–H and O–H groups in total. The Kier molecular flexibility index (Phi) is 3.41. The smallest absolute Gasteiger partial charge is 0.246 e. The molecule has 1 aliphatic rings. The second kappa shape index (κ2) is 5.18. The zero-order valence-electron chi connectivity index (χ0n) is 10.1. The Morgan fingerprint density at radius 3 is 2.83 bits per heavy atom. The highest BCUT2D eigenvalue weighted by molar-refractivity contribution is 9.09. The molecule has 18 heavy (non-hydrogen) atoms. The molecule has 0 radical (unpaired) electrons. The Bertz CT molecular complexity index is 545. The lowest BCUT2D eigenvalue weighted by molar-refractivity contribution is 0.482. The van der Waals surface area contributed by atoms with Gasteiger partial charge < -0.3 is 4.90 Å². The zero-order chi connectivity index (χ0) is 12.4. The first kappa shape index (κ1) is 11.8. The van der Waals surface area contributed by atoms with Gasteiger partial charge in [0, 0.05) is 17.9 Å². The summed E-state index contributed by atoms with van der Waals surface area (Å²) in [6, 6.07) is 8.36. The van der Waals surface area contributed by atoms with Crippen LogP contribution in [0.2, 0.25) is 0 Å². The van der Waals surface area contributed by atoms with Gasteiger partial charge in [0.15, 0.2) is 0 Å². The fraction of sp³-hybridized carbons (Fsp3) is 0.462. The monoisotopic (exact) mass is 306 g/mol. The number of alkyl halides is 1. The summed E-state index contributed by atoms with van der Waals surface area (Å²) < 4.78 is 0. The van der Waals surface area contributed by atoms with Gasteiger partial charge in [-0.3, -0.25) is 0 Å². The molecule has 0 bridgehead atoms. The maximum atomic E-state index is 4.63. The third kappa shape index (κ3) is 2.19. The summed E-state index contributed by atoms with van der Waals surface area (Å²) in [5, 5.41) is 9.49. The van der Waals surface area contributed by atoms with Crippen LogP contribution in [-0.4, -0.2) is 33.1 Å². The van der Waals surface area contributed by atoms with Crippen molar-refractivity contribution in [3.05, 3.63) is 24.3 Å². The van der Waals surface area contributed by atoms with Gasteiger partial charge in [0.2, 0.25) is 5.95 Å². The van der Waals surface area contributed by atoms with E-state index in [1.54, 1.807) is 0 Å². The summed E-state index contributed by atoms with van der Waals surface area (Å²) in [5.41, 5.74) is 1.77. The van der Waals surface area contributed by atoms with Gasteiger partial charge in [0.25, 0.3) is 0 Å². The fourth-order valence-electron chi connectivity index (χ4n) is 2.42. The topological polar surface area (TPSA) is 41.9 Å². The van der Waals surface area contributed by atoms with E-state index in [1.165, 1.54) is 19.3 Å². The highest BCUT2D eigenvalue weighted by atomic mass is 79.9. The molecule has 1 fully saturated rings. The number of aromatic nitrogens is 3. The molecule has 1 saturated heterocycles. The van der Waals surface area contributed by atoms with Gasteiger partial charge in [0.1, 0.15) is 5.52 Å². The van der Waals surface area contributed by atoms with Crippen molar-refractivity contribution >= 4 is 32.9 Å². The minimum atomic E-state index is 0.488. The average molecular weight is 307 g/mol. The van der Waals surface area contributed by atoms with E-state index in [-0.39, 0.29) is 0 Å². The van der Waals surface area contributed by atoms with E-state index >= 15 is 0 Å². The number of anilines is 1. The number of rotatable bonds is 2. The van der Waals surface area contributed by atoms with E-state index in [2.05, 4.69) is 36.0 Å². The SMILES string of the molecule is BrCC1CCCCN1c1nnc2ccccc2n1. The van der Waals surface area contributed by atoms with Crippen molar-refractivity contribution in [1.82, 2.24) is 15.2 Å². The Labute approximate surface area is 115 Å². The Morgan fingerprint density at radius 2 is 2.00 bits per heavy atom. The minimum Gasteiger partial charge on any atom is -0.336 e. The number of hydrogen-bond donors (Lipinski definition) is 0. The molecule has 0 amide bonds. The first-order valence-corrected chi connectivity index (χ1v) is 7.43. The van der Waals surface area contributed by atoms with Crippen molar-refractivity contribution in [2.24, 2.45) is 0 Å². The predicted molar refractivity (Wildman–Crippen MR) is 76.1 cm³/mol. The zero-order valence-corrected chi connectivity index (χ0v) is 11.7. The van der Waals surface area contributed by atoms with Gasteiger partial charge in [-0.1, -0.05) is 28.1 Å². The molecule has 5 heteroatoms. The van der Waals surface area contributed by atoms with Gasteiger partial charge in [-0.25, -0.2) is 4.98 Å². The lowest BCUT2D eigenvalue weighted by Gasteiger charge is -2.34. The molecule has 2 aromatic rings. The number of benzene rings is 1. The van der Waals surface area contributed by atoms with Crippen LogP contribution in [0.3, 0.4) is 0 Å². The standard InChI is InChI=1S/C13H15BrN4/c14-9-10-5-3-4-8-18(10)13-15-11-6-1-2-7-12(11)16-17-13/h1-2,6-7,10H,3-5,8-9H2. The molecule has 94 valence electrons. The van der Waals surface area contributed by atoms with Crippen LogP contribution < -0.4 is 4.90 Å². The van der Waals surface area contributed by atoms with Crippen LogP contribution >= 0.6 is 15.9 Å². The second-order valence-corrected chi connectivity index (χ2v) is 5.25. The first-order valence-electron chi connectivity index (χ1n) is 6.30. The molecular formula is C13H15BrN4. The van der Waals surface area contributed by atoms with Crippen molar-refractivity contribution in [3.8, 4) is 0 Å². The summed E-state index contributed by atoms with van der Waals surface area (Å²) in [4.78, 5) is 6.90. The van der Waals surface area contributed by atoms with Crippen molar-refractivity contribution in [2.45, 2.75) is 25.3 Å². The van der Waals surface area contributed by atoms with Crippen molar-refractivity contribution in [1.29, 1.82) is 0 Å². The van der Waals surface area contributed by atoms with Crippen LogP contribution in [-0.2, 0) is 0 Å². The number of hydrogen-bond acceptors (Lipinski definition) is 4. The van der Waals surface area contributed by atoms with Gasteiger partial charge in [0.05, 0.1) is 5.52 Å². The van der Waals surface area contributed by atoms with E-state index in [9.17, 15) is 0 Å². The van der Waals surface area contributed by atoms with Crippen LogP contribution in [0.15, 0.2) is 24.3 Å². The molecule has 1 atom stereocenters. The lowest BCUT2D eigenvalue weighted by Crippen LogP contribution is -2.41. The van der Waals surface area contributed by atoms with Crippen molar-refractivity contribution < 1.29 is 0 Å². The molecule has 0 aliphatic carbocycles. The molecule has 1 unspecified atom stereocenters. The summed E-state index contributed by atoms with van der Waals surface area (Å²) in [5.74, 6) is 0.762. The third-order valence-corrected chi connectivity index (χ3v) is 4.16. The van der Waals surface area contributed by atoms with Crippen LogP contribution in [0.4, 0.5) is 5.95 Å². The largest absolute Gasteiger partial charge is 0.336 e. The molecule has 1 aromatic carbocycles. The van der Waals surface area contributed by atoms with Crippen LogP contribution in [0.1, 0.15) is 19.3 Å². The van der Waals surface area contributed by atoms with Crippen molar-refractivity contribution in [3.63, 3.8) is 0 Å². The highest BCUT2D eigenvalue weighted by Gasteiger charge is 2.24. The summed E-state index contributed by atoms with van der Waals surface area (Å²) >= 11 is 3.58. The molecule has 0 spiro atoms. The van der Waals surface area contributed by atoms with E-state index in [4.69, 9.17) is 0 Å². The van der Waals surface area contributed by atoms with Gasteiger partial charge >= 0.3 is 0 Å². The third-order valence-electron chi connectivity index (χ3n) is 3.41. The van der Waals surface area contributed by atoms with E-state index in [1.807, 2.05) is 24.3 Å². The fourth-order valence-corrected chi connectivity index (χ4v) is 3.09. The van der Waals surface area contributed by atoms with E-state index in [0.29, 0.717) is 6.04 Å². The number of fused-ring (bicyclic) bond motifs is 1. The number of nitrogens with zero attached hydrogens (tertiary/aromatic N) is 4. The lowest BCUT2D eigenvalue weighted by atomic mass is 10.0. The first-order chi connectivity index (χ1) is 8.88. The van der Waals surface area contributed by atoms with Gasteiger partial charge in [-0.05, 0) is 31.4 Å². The second-order valence-electron chi connectivity index (χ2n) is 4.60. The Hall–Kier alpha value is -1.23. The minimum absolute atomic E-state index is 0.488. The van der Waals surface area contributed by atoms with Crippen LogP contribution in [0.25, 0.3) is 11.0 Å². The normalized spacial score (nSPS) is 20.3. The van der Waals surface area contributed by atoms with E-state index in [0.717, 1.165) is 28.9 Å². The molecule has 2 heterocycles. The molecular weight excluding hydrogens is 292 g/mol. The number of halogens is 1. The Morgan fingerprint density at radius 1 is 1.17 bits per heavy atom. The quantitative estimate of drug-likeness (QED) is 0.800. The van der Waals surface area contributed by atoms with Crippen LogP contribution in [0, 0.1) is 0 Å². The van der Waals surface area contributed by atoms with Gasteiger partial charge in [-0.15, -0.1) is 10.2 Å². The molecule has 3 rings (SSSR count).